The van der Waals surface area contributed by atoms with E-state index in [9.17, 15) is 5.26 Å². The molecule has 0 amide bonds. The SMILES string of the molecule is COCCn1cc(Nc2nccc(C3=CC(C#N)=C(OCC4CCC4)CC3)n2)cn1. The third kappa shape index (κ3) is 4.86. The average Bonchev–Trinajstić information content (AvgIpc) is 3.18. The van der Waals surface area contributed by atoms with Crippen LogP contribution in [0.25, 0.3) is 5.57 Å². The van der Waals surface area contributed by atoms with Crippen LogP contribution in [0.15, 0.2) is 42.1 Å². The van der Waals surface area contributed by atoms with Gasteiger partial charge in [0.1, 0.15) is 11.8 Å². The van der Waals surface area contributed by atoms with Gasteiger partial charge in [0.25, 0.3) is 0 Å². The molecule has 8 nitrogen and oxygen atoms in total. The lowest BCUT2D eigenvalue weighted by Gasteiger charge is -2.27. The number of nitriles is 1. The Kier molecular flexibility index (Phi) is 6.40. The molecule has 8 heteroatoms. The number of ether oxygens (including phenoxy) is 2. The van der Waals surface area contributed by atoms with Crippen LogP contribution in [-0.2, 0) is 16.0 Å². The van der Waals surface area contributed by atoms with Crippen LogP contribution in [0.3, 0.4) is 0 Å². The summed E-state index contributed by atoms with van der Waals surface area (Å²) in [6, 6.07) is 4.15. The molecule has 0 saturated heterocycles. The molecule has 0 unspecified atom stereocenters. The van der Waals surface area contributed by atoms with Gasteiger partial charge in [0.05, 0.1) is 42.9 Å². The van der Waals surface area contributed by atoms with Gasteiger partial charge in [-0.3, -0.25) is 4.68 Å². The Morgan fingerprint density at radius 2 is 2.23 bits per heavy atom. The molecule has 1 saturated carbocycles. The van der Waals surface area contributed by atoms with Gasteiger partial charge in [-0.05, 0) is 42.9 Å². The monoisotopic (exact) mass is 406 g/mol. The van der Waals surface area contributed by atoms with Gasteiger partial charge in [0, 0.05) is 25.9 Å². The maximum absolute atomic E-state index is 9.58. The summed E-state index contributed by atoms with van der Waals surface area (Å²) in [5, 5.41) is 17.0. The van der Waals surface area contributed by atoms with E-state index >= 15 is 0 Å². The van der Waals surface area contributed by atoms with Crippen molar-refractivity contribution in [3.8, 4) is 6.07 Å². The zero-order valence-electron chi connectivity index (χ0n) is 17.2. The molecule has 1 fully saturated rings. The fourth-order valence-corrected chi connectivity index (χ4v) is 3.50. The minimum absolute atomic E-state index is 0.495. The summed E-state index contributed by atoms with van der Waals surface area (Å²) in [5.74, 6) is 1.95. The molecule has 2 heterocycles. The number of anilines is 2. The van der Waals surface area contributed by atoms with Crippen molar-refractivity contribution in [2.45, 2.75) is 38.6 Å². The minimum atomic E-state index is 0.495. The summed E-state index contributed by atoms with van der Waals surface area (Å²) in [6.07, 6.45) is 12.5. The van der Waals surface area contributed by atoms with Gasteiger partial charge in [-0.15, -0.1) is 0 Å². The van der Waals surface area contributed by atoms with E-state index < -0.39 is 0 Å². The molecular formula is C22H26N6O2. The highest BCUT2D eigenvalue weighted by Crippen LogP contribution is 2.33. The van der Waals surface area contributed by atoms with Crippen LogP contribution in [0.1, 0.15) is 37.8 Å². The predicted octanol–water partition coefficient (Wildman–Crippen LogP) is 3.83. The largest absolute Gasteiger partial charge is 0.496 e. The molecule has 2 aliphatic carbocycles. The second-order valence-electron chi connectivity index (χ2n) is 7.60. The molecule has 0 aromatic carbocycles. The fourth-order valence-electron chi connectivity index (χ4n) is 3.50. The zero-order chi connectivity index (χ0) is 20.8. The van der Waals surface area contributed by atoms with Gasteiger partial charge >= 0.3 is 0 Å². The maximum Gasteiger partial charge on any atom is 0.227 e. The highest BCUT2D eigenvalue weighted by atomic mass is 16.5. The van der Waals surface area contributed by atoms with Gasteiger partial charge < -0.3 is 14.8 Å². The lowest BCUT2D eigenvalue weighted by molar-refractivity contribution is 0.115. The van der Waals surface area contributed by atoms with E-state index in [0.29, 0.717) is 30.6 Å². The summed E-state index contributed by atoms with van der Waals surface area (Å²) in [4.78, 5) is 8.94. The molecule has 0 spiro atoms. The molecule has 0 atom stereocenters. The molecule has 0 bridgehead atoms. The molecule has 4 rings (SSSR count). The summed E-state index contributed by atoms with van der Waals surface area (Å²) >= 11 is 0. The number of hydrogen-bond donors (Lipinski definition) is 1. The highest BCUT2D eigenvalue weighted by Gasteiger charge is 2.21. The van der Waals surface area contributed by atoms with E-state index in [1.807, 2.05) is 18.3 Å². The highest BCUT2D eigenvalue weighted by molar-refractivity contribution is 5.70. The Hall–Kier alpha value is -3.18. The molecule has 2 aromatic rings. The molecule has 156 valence electrons. The Labute approximate surface area is 176 Å². The van der Waals surface area contributed by atoms with Crippen molar-refractivity contribution in [2.24, 2.45) is 5.92 Å². The van der Waals surface area contributed by atoms with Gasteiger partial charge in [-0.25, -0.2) is 9.97 Å². The van der Waals surface area contributed by atoms with E-state index in [4.69, 9.17) is 9.47 Å². The Morgan fingerprint density at radius 3 is 3.00 bits per heavy atom. The van der Waals surface area contributed by atoms with Crippen molar-refractivity contribution in [1.29, 1.82) is 5.26 Å². The predicted molar refractivity (Wildman–Crippen MR) is 113 cm³/mol. The summed E-state index contributed by atoms with van der Waals surface area (Å²) < 4.78 is 12.8. The number of methoxy groups -OCH3 is 1. The van der Waals surface area contributed by atoms with Crippen molar-refractivity contribution in [3.63, 3.8) is 0 Å². The van der Waals surface area contributed by atoms with Crippen molar-refractivity contribution >= 4 is 17.2 Å². The first-order chi connectivity index (χ1) is 14.7. The van der Waals surface area contributed by atoms with E-state index in [-0.39, 0.29) is 0 Å². The third-order valence-corrected chi connectivity index (χ3v) is 5.48. The minimum Gasteiger partial charge on any atom is -0.496 e. The summed E-state index contributed by atoms with van der Waals surface area (Å²) in [5.41, 5.74) is 3.24. The van der Waals surface area contributed by atoms with Crippen LogP contribution in [0.2, 0.25) is 0 Å². The van der Waals surface area contributed by atoms with Crippen LogP contribution in [0, 0.1) is 17.2 Å². The Morgan fingerprint density at radius 1 is 1.33 bits per heavy atom. The Bertz CT molecular complexity index is 984. The second kappa shape index (κ2) is 9.55. The summed E-state index contributed by atoms with van der Waals surface area (Å²) in [6.45, 7) is 2.01. The van der Waals surface area contributed by atoms with Crippen LogP contribution in [0.5, 0.6) is 0 Å². The number of hydrogen-bond acceptors (Lipinski definition) is 7. The van der Waals surface area contributed by atoms with E-state index in [1.165, 1.54) is 19.3 Å². The van der Waals surface area contributed by atoms with Crippen molar-refractivity contribution < 1.29 is 9.47 Å². The molecular weight excluding hydrogens is 380 g/mol. The van der Waals surface area contributed by atoms with Gasteiger partial charge in [-0.2, -0.15) is 10.4 Å². The first kappa shape index (κ1) is 20.1. The lowest BCUT2D eigenvalue weighted by Crippen LogP contribution is -2.18. The topological polar surface area (TPSA) is 97.9 Å². The summed E-state index contributed by atoms with van der Waals surface area (Å²) in [7, 11) is 1.66. The number of nitrogens with one attached hydrogen (secondary N) is 1. The van der Waals surface area contributed by atoms with Gasteiger partial charge in [-0.1, -0.05) is 6.42 Å². The standard InChI is InChI=1S/C22H26N6O2/c1-29-10-9-28-14-19(13-25-28)26-22-24-8-7-20(27-22)17-5-6-21(18(11-17)12-23)30-15-16-3-2-4-16/h7-8,11,13-14,16H,2-6,9-10,15H2,1H3,(H,24,26,27). The van der Waals surface area contributed by atoms with Crippen molar-refractivity contribution in [3.05, 3.63) is 47.8 Å². The van der Waals surface area contributed by atoms with Crippen LogP contribution < -0.4 is 5.32 Å². The molecule has 30 heavy (non-hydrogen) atoms. The quantitative estimate of drug-likeness (QED) is 0.676. The normalized spacial score (nSPS) is 16.6. The van der Waals surface area contributed by atoms with Crippen LogP contribution >= 0.6 is 0 Å². The van der Waals surface area contributed by atoms with E-state index in [0.717, 1.165) is 42.2 Å². The van der Waals surface area contributed by atoms with Crippen molar-refractivity contribution in [2.75, 3.05) is 25.6 Å². The van der Waals surface area contributed by atoms with Gasteiger partial charge in [0.2, 0.25) is 5.95 Å². The van der Waals surface area contributed by atoms with Crippen LogP contribution in [0.4, 0.5) is 11.6 Å². The molecule has 0 aliphatic heterocycles. The zero-order valence-corrected chi connectivity index (χ0v) is 17.2. The first-order valence-corrected chi connectivity index (χ1v) is 10.3. The number of rotatable bonds is 9. The molecule has 1 N–H and O–H groups in total. The van der Waals surface area contributed by atoms with Crippen molar-refractivity contribution in [1.82, 2.24) is 19.7 Å². The van der Waals surface area contributed by atoms with Crippen LogP contribution in [-0.4, -0.2) is 40.1 Å². The van der Waals surface area contributed by atoms with Gasteiger partial charge in [0.15, 0.2) is 0 Å². The molecule has 2 aliphatic rings. The Balaban J connectivity index is 1.45. The fraction of sp³-hybridized carbons (Fsp3) is 0.455. The van der Waals surface area contributed by atoms with E-state index in [2.05, 4.69) is 26.5 Å². The number of aromatic nitrogens is 4. The lowest BCUT2D eigenvalue weighted by atomic mass is 9.86. The first-order valence-electron chi connectivity index (χ1n) is 10.3. The van der Waals surface area contributed by atoms with E-state index in [1.54, 1.807) is 24.2 Å². The third-order valence-electron chi connectivity index (χ3n) is 5.48. The average molecular weight is 406 g/mol. The molecule has 2 aromatic heterocycles. The smallest absolute Gasteiger partial charge is 0.227 e. The molecule has 0 radical (unpaired) electrons. The number of nitrogens with zero attached hydrogens (tertiary/aromatic N) is 5. The maximum atomic E-state index is 9.58. The second-order valence-corrected chi connectivity index (χ2v) is 7.60. The number of allylic oxidation sites excluding steroid dienone is 4.